The molecular weight excluding hydrogens is 492 g/mol. The summed E-state index contributed by atoms with van der Waals surface area (Å²) in [4.78, 5) is 37.0. The van der Waals surface area contributed by atoms with Gasteiger partial charge in [-0.2, -0.15) is 0 Å². The number of esters is 3. The zero-order valence-electron chi connectivity index (χ0n) is 23.3. The Morgan fingerprint density at radius 3 is 2.39 bits per heavy atom. The maximum absolute atomic E-state index is 12.8. The lowest BCUT2D eigenvalue weighted by atomic mass is 9.44. The summed E-state index contributed by atoms with van der Waals surface area (Å²) in [6.45, 7) is 17.8. The van der Waals surface area contributed by atoms with Crippen molar-refractivity contribution in [3.05, 3.63) is 36.5 Å². The minimum Gasteiger partial charge on any atom is -0.458 e. The van der Waals surface area contributed by atoms with Crippen molar-refractivity contribution in [2.75, 3.05) is 0 Å². The van der Waals surface area contributed by atoms with Gasteiger partial charge in [-0.25, -0.2) is 0 Å². The van der Waals surface area contributed by atoms with Gasteiger partial charge >= 0.3 is 17.9 Å². The molecule has 1 saturated heterocycles. The highest BCUT2D eigenvalue weighted by Crippen LogP contribution is 2.67. The van der Waals surface area contributed by atoms with Crippen molar-refractivity contribution in [3.8, 4) is 0 Å². The molecule has 2 fully saturated rings. The van der Waals surface area contributed by atoms with Gasteiger partial charge in [-0.05, 0) is 54.6 Å². The molecule has 3 aliphatic rings. The summed E-state index contributed by atoms with van der Waals surface area (Å²) in [5.41, 5.74) is -1.10. The normalized spacial score (nSPS) is 37.5. The van der Waals surface area contributed by atoms with Crippen molar-refractivity contribution in [1.29, 1.82) is 0 Å². The lowest BCUT2D eigenvalue weighted by Crippen LogP contribution is -2.63. The highest BCUT2D eigenvalue weighted by atomic mass is 16.8. The number of aliphatic hydroxyl groups is 2. The molecule has 0 radical (unpaired) electrons. The van der Waals surface area contributed by atoms with Crippen LogP contribution in [0.25, 0.3) is 0 Å². The molecule has 9 nitrogen and oxygen atoms in total. The summed E-state index contributed by atoms with van der Waals surface area (Å²) in [5, 5.41) is 22.8. The second kappa shape index (κ2) is 11.3. The van der Waals surface area contributed by atoms with Crippen molar-refractivity contribution < 1.29 is 43.5 Å². The Balaban J connectivity index is 2.22. The Hall–Kier alpha value is -2.49. The van der Waals surface area contributed by atoms with E-state index >= 15 is 0 Å². The minimum atomic E-state index is -1.29. The molecule has 1 heterocycles. The van der Waals surface area contributed by atoms with Crippen molar-refractivity contribution in [3.63, 3.8) is 0 Å². The monoisotopic (exact) mass is 534 g/mol. The molecule has 1 aliphatic heterocycles. The summed E-state index contributed by atoms with van der Waals surface area (Å²) in [6.07, 6.45) is -0.516. The van der Waals surface area contributed by atoms with Gasteiger partial charge in [0.15, 0.2) is 0 Å². The summed E-state index contributed by atoms with van der Waals surface area (Å²) >= 11 is 0. The van der Waals surface area contributed by atoms with Gasteiger partial charge < -0.3 is 24.4 Å². The first-order valence-electron chi connectivity index (χ1n) is 13.3. The molecule has 2 N–H and O–H groups in total. The molecule has 0 amide bonds. The summed E-state index contributed by atoms with van der Waals surface area (Å²) < 4.78 is 23.1. The van der Waals surface area contributed by atoms with Crippen molar-refractivity contribution >= 4 is 17.9 Å². The first kappa shape index (κ1) is 30.1. The number of ether oxygens (including phenoxy) is 4. The number of rotatable bonds is 9. The van der Waals surface area contributed by atoms with Crippen LogP contribution in [0.1, 0.15) is 67.2 Å². The molecule has 10 atom stereocenters. The molecule has 0 aromatic heterocycles. The van der Waals surface area contributed by atoms with Gasteiger partial charge in [-0.15, -0.1) is 0 Å². The van der Waals surface area contributed by atoms with Gasteiger partial charge in [0.05, 0.1) is 23.5 Å². The molecule has 1 unspecified atom stereocenters. The van der Waals surface area contributed by atoms with Crippen LogP contribution in [-0.2, 0) is 33.3 Å². The molecule has 0 aromatic carbocycles. The van der Waals surface area contributed by atoms with Gasteiger partial charge in [0.2, 0.25) is 12.6 Å². The molecule has 212 valence electrons. The fourth-order valence-electron chi connectivity index (χ4n) is 6.52. The summed E-state index contributed by atoms with van der Waals surface area (Å²) in [6, 6.07) is 0. The number of hydrogen-bond donors (Lipinski definition) is 2. The van der Waals surface area contributed by atoms with E-state index in [-0.39, 0.29) is 30.6 Å². The van der Waals surface area contributed by atoms with Gasteiger partial charge in [0.1, 0.15) is 6.10 Å². The standard InChI is InChI=1S/C29H42O9/c1-9-15(3)22(32)14-28(8)17(5)11-24(33)29-21(26(35-18(6)30)38-27(29)36-19(7)31)12-20(13-23(28)29)37-25(34)16(4)10-2/h9,12,16-17,20,22-24,26-27,32-33H,1,3,10-11,13-14H2,2,4-8H3/t16?,17-,20-,22-,23+,24+,26+,27-,28-,29+/m0/s1. The van der Waals surface area contributed by atoms with Crippen LogP contribution in [0.2, 0.25) is 0 Å². The molecular formula is C29H42O9. The first-order chi connectivity index (χ1) is 17.7. The third-order valence-electron chi connectivity index (χ3n) is 9.00. The maximum Gasteiger partial charge on any atom is 0.309 e. The molecule has 2 aliphatic carbocycles. The summed E-state index contributed by atoms with van der Waals surface area (Å²) in [7, 11) is 0. The van der Waals surface area contributed by atoms with E-state index < -0.39 is 59.6 Å². The van der Waals surface area contributed by atoms with Crippen LogP contribution in [0.3, 0.4) is 0 Å². The first-order valence-corrected chi connectivity index (χ1v) is 13.3. The minimum absolute atomic E-state index is 0.101. The van der Waals surface area contributed by atoms with Crippen LogP contribution < -0.4 is 0 Å². The van der Waals surface area contributed by atoms with Crippen molar-refractivity contribution in [2.24, 2.45) is 28.6 Å². The average molecular weight is 535 g/mol. The Labute approximate surface area is 224 Å². The SMILES string of the molecule is C=CC(=C)[C@@H](O)C[C@]1(C)[C@H]2C[C@@H](OC(=O)C(C)CC)C=C3[C@H](OC(C)=O)O[C@H](OC(C)=O)[C@]32[C@H](O)C[C@@H]1C. The Morgan fingerprint density at radius 1 is 1.21 bits per heavy atom. The second-order valence-corrected chi connectivity index (χ2v) is 11.3. The number of carbonyl (C=O) groups is 3. The van der Waals surface area contributed by atoms with Crippen LogP contribution in [-0.4, -0.2) is 59.0 Å². The van der Waals surface area contributed by atoms with Gasteiger partial charge in [0.25, 0.3) is 0 Å². The number of hydrogen-bond acceptors (Lipinski definition) is 9. The summed E-state index contributed by atoms with van der Waals surface area (Å²) in [5.74, 6) is -2.53. The van der Waals surface area contributed by atoms with E-state index in [0.717, 1.165) is 0 Å². The van der Waals surface area contributed by atoms with E-state index in [1.165, 1.54) is 19.9 Å². The fourth-order valence-corrected chi connectivity index (χ4v) is 6.52. The quantitative estimate of drug-likeness (QED) is 0.197. The molecule has 1 spiro atoms. The maximum atomic E-state index is 12.8. The Bertz CT molecular complexity index is 1000. The average Bonchev–Trinajstić information content (AvgIpc) is 3.13. The van der Waals surface area contributed by atoms with Crippen molar-refractivity contribution in [1.82, 2.24) is 0 Å². The Morgan fingerprint density at radius 2 is 1.84 bits per heavy atom. The van der Waals surface area contributed by atoms with E-state index in [9.17, 15) is 24.6 Å². The number of carbonyl (C=O) groups excluding carboxylic acids is 3. The van der Waals surface area contributed by atoms with E-state index in [0.29, 0.717) is 24.0 Å². The fraction of sp³-hybridized carbons (Fsp3) is 0.690. The third-order valence-corrected chi connectivity index (χ3v) is 9.00. The predicted octanol–water partition coefficient (Wildman–Crippen LogP) is 3.59. The van der Waals surface area contributed by atoms with Crippen LogP contribution >= 0.6 is 0 Å². The van der Waals surface area contributed by atoms with E-state index in [4.69, 9.17) is 18.9 Å². The lowest BCUT2D eigenvalue weighted by molar-refractivity contribution is -0.256. The largest absolute Gasteiger partial charge is 0.458 e. The van der Waals surface area contributed by atoms with Crippen LogP contribution in [0, 0.1) is 28.6 Å². The van der Waals surface area contributed by atoms with Crippen LogP contribution in [0.5, 0.6) is 0 Å². The van der Waals surface area contributed by atoms with Gasteiger partial charge in [0, 0.05) is 19.4 Å². The molecule has 1 saturated carbocycles. The molecule has 0 aromatic rings. The molecule has 38 heavy (non-hydrogen) atoms. The lowest BCUT2D eigenvalue weighted by Gasteiger charge is -2.60. The smallest absolute Gasteiger partial charge is 0.309 e. The highest BCUT2D eigenvalue weighted by Gasteiger charge is 2.71. The molecule has 3 rings (SSSR count). The van der Waals surface area contributed by atoms with Crippen LogP contribution in [0.15, 0.2) is 36.5 Å². The second-order valence-electron chi connectivity index (χ2n) is 11.3. The van der Waals surface area contributed by atoms with Crippen molar-refractivity contribution in [2.45, 2.75) is 98.1 Å². The zero-order valence-corrected chi connectivity index (χ0v) is 23.3. The van der Waals surface area contributed by atoms with Crippen LogP contribution in [0.4, 0.5) is 0 Å². The third kappa shape index (κ3) is 5.20. The van der Waals surface area contributed by atoms with E-state index in [1.54, 1.807) is 13.0 Å². The Kier molecular flexibility index (Phi) is 8.95. The van der Waals surface area contributed by atoms with E-state index in [2.05, 4.69) is 13.2 Å². The molecule has 9 heteroatoms. The van der Waals surface area contributed by atoms with Gasteiger partial charge in [-0.3, -0.25) is 19.1 Å². The topological polar surface area (TPSA) is 129 Å². The highest BCUT2D eigenvalue weighted by molar-refractivity contribution is 5.72. The predicted molar refractivity (Wildman–Crippen MR) is 138 cm³/mol. The van der Waals surface area contributed by atoms with Gasteiger partial charge in [-0.1, -0.05) is 46.9 Å². The zero-order chi connectivity index (χ0) is 28.6. The number of aliphatic hydroxyl groups excluding tert-OH is 2. The molecule has 0 bridgehead atoms. The van der Waals surface area contributed by atoms with E-state index in [1.807, 2.05) is 20.8 Å².